The van der Waals surface area contributed by atoms with Gasteiger partial charge in [0.15, 0.2) is 20.7 Å². The maximum absolute atomic E-state index is 13.2. The molecule has 4 aromatic rings. The van der Waals surface area contributed by atoms with E-state index in [4.69, 9.17) is 0 Å². The molecular weight excluding hydrogens is 476 g/mol. The first-order valence-electron chi connectivity index (χ1n) is 9.39. The number of sulfone groups is 1. The second-order valence-corrected chi connectivity index (χ2v) is 9.46. The van der Waals surface area contributed by atoms with Crippen LogP contribution in [0, 0.1) is 6.92 Å². The molecule has 0 amide bonds. The fourth-order valence-corrected chi connectivity index (χ4v) is 4.72. The van der Waals surface area contributed by atoms with E-state index in [1.165, 1.54) is 25.5 Å². The highest BCUT2D eigenvalue weighted by molar-refractivity contribution is 7.91. The van der Waals surface area contributed by atoms with Gasteiger partial charge in [-0.15, -0.1) is 0 Å². The predicted molar refractivity (Wildman–Crippen MR) is 105 cm³/mol. The average Bonchev–Trinajstić information content (AvgIpc) is 3.24. The summed E-state index contributed by atoms with van der Waals surface area (Å²) in [4.78, 5) is 11.9. The van der Waals surface area contributed by atoms with Gasteiger partial charge < -0.3 is 4.57 Å². The number of imidazole rings is 2. The molecule has 4 aromatic heterocycles. The van der Waals surface area contributed by atoms with Crippen molar-refractivity contribution < 1.29 is 34.8 Å². The van der Waals surface area contributed by atoms with Crippen LogP contribution < -0.4 is 0 Å². The maximum Gasteiger partial charge on any atom is 0.433 e. The third-order valence-electron chi connectivity index (χ3n) is 5.11. The topological polar surface area (TPSA) is 82.1 Å². The average molecular weight is 491 g/mol. The predicted octanol–water partition coefficient (Wildman–Crippen LogP) is 4.42. The van der Waals surface area contributed by atoms with Crippen molar-refractivity contribution in [3.05, 3.63) is 41.3 Å². The number of rotatable bonds is 3. The summed E-state index contributed by atoms with van der Waals surface area (Å²) in [6.07, 6.45) is -8.85. The number of hydrogen-bond acceptors (Lipinski definition) is 5. The first-order valence-corrected chi connectivity index (χ1v) is 11.0. The van der Waals surface area contributed by atoms with Gasteiger partial charge in [0.25, 0.3) is 0 Å². The second-order valence-electron chi connectivity index (χ2n) is 7.27. The first-order chi connectivity index (χ1) is 15.1. The Labute approximate surface area is 182 Å². The van der Waals surface area contributed by atoms with Crippen LogP contribution in [0.4, 0.5) is 26.3 Å². The fourth-order valence-electron chi connectivity index (χ4n) is 3.57. The van der Waals surface area contributed by atoms with Gasteiger partial charge in [-0.25, -0.2) is 23.4 Å². The molecule has 0 atom stereocenters. The summed E-state index contributed by atoms with van der Waals surface area (Å²) in [6.45, 7) is 2.65. The van der Waals surface area contributed by atoms with Crippen LogP contribution in [-0.4, -0.2) is 38.1 Å². The molecule has 0 aliphatic rings. The number of halogens is 6. The third-order valence-corrected chi connectivity index (χ3v) is 6.84. The molecule has 0 saturated carbocycles. The molecule has 0 N–H and O–H groups in total. The number of aryl methyl sites for hydroxylation is 2. The Hall–Kier alpha value is -3.16. The summed E-state index contributed by atoms with van der Waals surface area (Å²) in [5.74, 6) is -0.578. The highest BCUT2D eigenvalue weighted by Crippen LogP contribution is 2.36. The van der Waals surface area contributed by atoms with E-state index in [0.717, 1.165) is 22.6 Å². The van der Waals surface area contributed by atoms with Gasteiger partial charge in [-0.1, -0.05) is 6.92 Å². The summed E-state index contributed by atoms with van der Waals surface area (Å²) in [5, 5.41) is -0.536. The first kappa shape index (κ1) is 23.0. The van der Waals surface area contributed by atoms with Gasteiger partial charge in [0.2, 0.25) is 0 Å². The monoisotopic (exact) mass is 491 g/mol. The molecule has 4 heterocycles. The molecule has 33 heavy (non-hydrogen) atoms. The quantitative estimate of drug-likeness (QED) is 0.397. The highest BCUT2D eigenvalue weighted by Gasteiger charge is 2.35. The Bertz CT molecular complexity index is 1520. The highest BCUT2D eigenvalue weighted by atomic mass is 32.2. The zero-order valence-electron chi connectivity index (χ0n) is 17.2. The lowest BCUT2D eigenvalue weighted by atomic mass is 10.2. The minimum atomic E-state index is -4.74. The molecule has 176 valence electrons. The Morgan fingerprint density at radius 3 is 2.24 bits per heavy atom. The molecule has 0 bridgehead atoms. The van der Waals surface area contributed by atoms with Crippen LogP contribution >= 0.6 is 0 Å². The molecule has 0 aliphatic heterocycles. The van der Waals surface area contributed by atoms with E-state index in [0.29, 0.717) is 6.20 Å². The minimum absolute atomic E-state index is 0.0101. The maximum atomic E-state index is 13.2. The van der Waals surface area contributed by atoms with Crippen molar-refractivity contribution in [3.63, 3.8) is 0 Å². The van der Waals surface area contributed by atoms with E-state index in [9.17, 15) is 34.8 Å². The summed E-state index contributed by atoms with van der Waals surface area (Å²) >= 11 is 0. The normalized spacial score (nSPS) is 13.4. The smallest absolute Gasteiger partial charge is 0.324 e. The van der Waals surface area contributed by atoms with E-state index in [-0.39, 0.29) is 33.9 Å². The summed E-state index contributed by atoms with van der Waals surface area (Å²) < 4.78 is 107. The summed E-state index contributed by atoms with van der Waals surface area (Å²) in [7, 11) is -2.70. The number of nitrogens with zero attached hydrogens (tertiary/aromatic N) is 5. The Kier molecular flexibility index (Phi) is 5.00. The molecular formula is C19H15F6N5O2S. The summed E-state index contributed by atoms with van der Waals surface area (Å²) in [5.41, 5.74) is -2.56. The van der Waals surface area contributed by atoms with Crippen molar-refractivity contribution in [3.8, 4) is 11.5 Å². The van der Waals surface area contributed by atoms with E-state index in [1.807, 2.05) is 0 Å². The van der Waals surface area contributed by atoms with Crippen LogP contribution in [0.2, 0.25) is 0 Å². The number of alkyl halides is 6. The van der Waals surface area contributed by atoms with Gasteiger partial charge in [-0.2, -0.15) is 26.3 Å². The zero-order valence-corrected chi connectivity index (χ0v) is 18.1. The lowest BCUT2D eigenvalue weighted by molar-refractivity contribution is -0.141. The largest absolute Gasteiger partial charge is 0.433 e. The zero-order chi connectivity index (χ0) is 24.5. The lowest BCUT2D eigenvalue weighted by Crippen LogP contribution is -2.12. The third kappa shape index (κ3) is 3.71. The van der Waals surface area contributed by atoms with Crippen LogP contribution in [0.3, 0.4) is 0 Å². The van der Waals surface area contributed by atoms with Gasteiger partial charge >= 0.3 is 12.4 Å². The molecule has 0 aliphatic carbocycles. The van der Waals surface area contributed by atoms with E-state index < -0.39 is 44.2 Å². The summed E-state index contributed by atoms with van der Waals surface area (Å²) in [6, 6.07) is 2.49. The van der Waals surface area contributed by atoms with Crippen LogP contribution in [0.15, 0.2) is 29.4 Å². The molecule has 7 nitrogen and oxygen atoms in total. The number of hydrogen-bond donors (Lipinski definition) is 0. The van der Waals surface area contributed by atoms with Crippen LogP contribution in [0.1, 0.15) is 23.9 Å². The van der Waals surface area contributed by atoms with Crippen molar-refractivity contribution in [1.29, 1.82) is 0 Å². The molecule has 0 spiro atoms. The second kappa shape index (κ2) is 7.17. The van der Waals surface area contributed by atoms with E-state index in [2.05, 4.69) is 15.0 Å². The van der Waals surface area contributed by atoms with Crippen LogP contribution in [0.25, 0.3) is 28.2 Å². The van der Waals surface area contributed by atoms with Gasteiger partial charge in [-0.3, -0.25) is 4.40 Å². The molecule has 0 radical (unpaired) electrons. The minimum Gasteiger partial charge on any atom is -0.324 e. The van der Waals surface area contributed by atoms with Crippen molar-refractivity contribution in [2.75, 3.05) is 5.75 Å². The number of pyridine rings is 2. The van der Waals surface area contributed by atoms with Crippen LogP contribution in [-0.2, 0) is 29.2 Å². The molecule has 0 fully saturated rings. The van der Waals surface area contributed by atoms with Gasteiger partial charge in [0.05, 0.1) is 28.0 Å². The lowest BCUT2D eigenvalue weighted by Gasteiger charge is -2.09. The SMILES string of the molecule is CCS(=O)(=O)c1c(-c2nc3cc(C(F)(F)F)nc(C)c3n2C)nc2ccc(C(F)(F)F)cn12. The molecule has 4 rings (SSSR count). The molecule has 0 aromatic carbocycles. The van der Waals surface area contributed by atoms with E-state index >= 15 is 0 Å². The van der Waals surface area contributed by atoms with Gasteiger partial charge in [-0.05, 0) is 25.1 Å². The van der Waals surface area contributed by atoms with Crippen LogP contribution in [0.5, 0.6) is 0 Å². The standard InChI is InChI=1S/C19H15F6N5O2S/c1-4-33(31,32)17-14(28-13-6-5-10(8-30(13)17)18(20,21)22)16-27-11-7-12(19(23,24)25)26-9(2)15(11)29(16)3/h5-8H,4H2,1-3H3. The molecule has 14 heteroatoms. The Balaban J connectivity index is 2.09. The molecule has 0 unspecified atom stereocenters. The van der Waals surface area contributed by atoms with Crippen molar-refractivity contribution in [2.24, 2.45) is 7.05 Å². The fraction of sp³-hybridized carbons (Fsp3) is 0.316. The van der Waals surface area contributed by atoms with Crippen molar-refractivity contribution in [2.45, 2.75) is 31.2 Å². The van der Waals surface area contributed by atoms with Gasteiger partial charge in [0, 0.05) is 13.2 Å². The number of fused-ring (bicyclic) bond motifs is 2. The Morgan fingerprint density at radius 2 is 1.67 bits per heavy atom. The molecule has 0 saturated heterocycles. The van der Waals surface area contributed by atoms with Crippen molar-refractivity contribution >= 4 is 26.5 Å². The Morgan fingerprint density at radius 1 is 1.00 bits per heavy atom. The number of aromatic nitrogens is 5. The van der Waals surface area contributed by atoms with Crippen molar-refractivity contribution in [1.82, 2.24) is 23.9 Å². The van der Waals surface area contributed by atoms with E-state index in [1.54, 1.807) is 0 Å². The van der Waals surface area contributed by atoms with Gasteiger partial charge in [0.1, 0.15) is 17.0 Å².